The van der Waals surface area contributed by atoms with Gasteiger partial charge in [0.25, 0.3) is 5.91 Å². The van der Waals surface area contributed by atoms with Gasteiger partial charge in [-0.15, -0.1) is 0 Å². The predicted octanol–water partition coefficient (Wildman–Crippen LogP) is 2.65. The van der Waals surface area contributed by atoms with Gasteiger partial charge in [-0.25, -0.2) is 8.78 Å². The average molecular weight is 326 g/mol. The summed E-state index contributed by atoms with van der Waals surface area (Å²) in [5, 5.41) is 6.88. The molecule has 1 spiro atoms. The van der Waals surface area contributed by atoms with Crippen molar-refractivity contribution in [3.05, 3.63) is 17.5 Å². The van der Waals surface area contributed by atoms with Crippen LogP contribution in [0.5, 0.6) is 0 Å². The van der Waals surface area contributed by atoms with Gasteiger partial charge in [0.15, 0.2) is 0 Å². The molecule has 0 unspecified atom stereocenters. The highest BCUT2D eigenvalue weighted by Crippen LogP contribution is 2.48. The second-order valence-corrected chi connectivity index (χ2v) is 7.72. The Labute approximate surface area is 134 Å². The van der Waals surface area contributed by atoms with Crippen molar-refractivity contribution in [1.29, 1.82) is 0 Å². The molecule has 3 rings (SSSR count). The van der Waals surface area contributed by atoms with E-state index in [4.69, 9.17) is 5.73 Å². The summed E-state index contributed by atoms with van der Waals surface area (Å²) >= 11 is 0. The topological polar surface area (TPSA) is 75.0 Å². The van der Waals surface area contributed by atoms with Crippen LogP contribution < -0.4 is 5.73 Å². The van der Waals surface area contributed by atoms with Gasteiger partial charge in [0.1, 0.15) is 5.69 Å². The maximum Gasteiger partial charge on any atom is 0.274 e. The van der Waals surface area contributed by atoms with E-state index in [0.717, 1.165) is 6.42 Å². The van der Waals surface area contributed by atoms with E-state index in [9.17, 15) is 13.6 Å². The molecular formula is C16H24F2N4O. The van der Waals surface area contributed by atoms with Gasteiger partial charge in [-0.2, -0.15) is 5.10 Å². The first kappa shape index (κ1) is 16.4. The molecule has 0 radical (unpaired) electrons. The lowest BCUT2D eigenvalue weighted by Crippen LogP contribution is -2.37. The van der Waals surface area contributed by atoms with Crippen LogP contribution in [-0.2, 0) is 5.54 Å². The molecule has 1 aromatic heterocycles. The third-order valence-electron chi connectivity index (χ3n) is 5.26. The van der Waals surface area contributed by atoms with Gasteiger partial charge >= 0.3 is 0 Å². The molecular weight excluding hydrogens is 302 g/mol. The molecule has 1 aliphatic carbocycles. The largest absolute Gasteiger partial charge is 0.337 e. The van der Waals surface area contributed by atoms with Crippen molar-refractivity contribution in [2.45, 2.75) is 57.4 Å². The van der Waals surface area contributed by atoms with Crippen molar-refractivity contribution in [2.24, 2.45) is 11.1 Å². The van der Waals surface area contributed by atoms with E-state index in [2.05, 4.69) is 10.2 Å². The summed E-state index contributed by atoms with van der Waals surface area (Å²) in [5.41, 5.74) is 6.31. The quantitative estimate of drug-likeness (QED) is 0.877. The summed E-state index contributed by atoms with van der Waals surface area (Å²) in [4.78, 5) is 14.3. The summed E-state index contributed by atoms with van der Waals surface area (Å²) in [6.45, 7) is 4.83. The Morgan fingerprint density at radius 1 is 1.30 bits per heavy atom. The zero-order valence-electron chi connectivity index (χ0n) is 13.7. The Kier molecular flexibility index (Phi) is 3.74. The number of nitrogens with zero attached hydrogens (tertiary/aromatic N) is 2. The third kappa shape index (κ3) is 3.24. The molecule has 1 aromatic rings. The molecule has 3 N–H and O–H groups in total. The average Bonchev–Trinajstić information content (AvgIpc) is 3.10. The van der Waals surface area contributed by atoms with Gasteiger partial charge in [-0.1, -0.05) is 0 Å². The molecule has 2 aliphatic rings. The first-order chi connectivity index (χ1) is 10.6. The van der Waals surface area contributed by atoms with Crippen LogP contribution >= 0.6 is 0 Å². The summed E-state index contributed by atoms with van der Waals surface area (Å²) < 4.78 is 26.7. The smallest absolute Gasteiger partial charge is 0.274 e. The number of nitrogens with two attached hydrogens (primary N) is 1. The van der Waals surface area contributed by atoms with E-state index in [1.807, 2.05) is 13.8 Å². The predicted molar refractivity (Wildman–Crippen MR) is 82.2 cm³/mol. The van der Waals surface area contributed by atoms with Crippen LogP contribution in [0.4, 0.5) is 8.78 Å². The van der Waals surface area contributed by atoms with Crippen LogP contribution in [-0.4, -0.2) is 40.0 Å². The highest BCUT2D eigenvalue weighted by Gasteiger charge is 2.47. The first-order valence-corrected chi connectivity index (χ1v) is 8.12. The number of aromatic amines is 1. The normalized spacial score (nSPS) is 23.4. The lowest BCUT2D eigenvalue weighted by molar-refractivity contribution is -0.0643. The Balaban J connectivity index is 1.67. The maximum absolute atomic E-state index is 13.4. The minimum absolute atomic E-state index is 0.0665. The summed E-state index contributed by atoms with van der Waals surface area (Å²) in [6, 6.07) is 1.68. The highest BCUT2D eigenvalue weighted by molar-refractivity contribution is 5.92. The molecule has 7 heteroatoms. The van der Waals surface area contributed by atoms with Crippen LogP contribution in [0.3, 0.4) is 0 Å². The van der Waals surface area contributed by atoms with Gasteiger partial charge in [0, 0.05) is 25.9 Å². The molecule has 5 nitrogen and oxygen atoms in total. The van der Waals surface area contributed by atoms with Crippen LogP contribution in [0, 0.1) is 5.41 Å². The zero-order chi connectivity index (χ0) is 16.9. The third-order valence-corrected chi connectivity index (χ3v) is 5.26. The molecule has 2 fully saturated rings. The molecule has 23 heavy (non-hydrogen) atoms. The Hall–Kier alpha value is -1.50. The lowest BCUT2D eigenvalue weighted by atomic mass is 9.72. The van der Waals surface area contributed by atoms with Gasteiger partial charge in [0.2, 0.25) is 5.92 Å². The van der Waals surface area contributed by atoms with Crippen molar-refractivity contribution >= 4 is 5.91 Å². The van der Waals surface area contributed by atoms with Crippen LogP contribution in [0.15, 0.2) is 6.07 Å². The molecule has 0 aromatic carbocycles. The number of halogens is 2. The molecule has 1 saturated carbocycles. The second-order valence-electron chi connectivity index (χ2n) is 7.72. The number of aromatic nitrogens is 2. The Bertz CT molecular complexity index is 595. The molecule has 1 aliphatic heterocycles. The van der Waals surface area contributed by atoms with E-state index in [-0.39, 0.29) is 24.2 Å². The summed E-state index contributed by atoms with van der Waals surface area (Å²) in [7, 11) is 0. The van der Waals surface area contributed by atoms with E-state index in [1.165, 1.54) is 0 Å². The molecule has 128 valence electrons. The van der Waals surface area contributed by atoms with Crippen molar-refractivity contribution < 1.29 is 13.6 Å². The number of nitrogens with one attached hydrogen (secondary N) is 1. The van der Waals surface area contributed by atoms with Gasteiger partial charge < -0.3 is 10.6 Å². The van der Waals surface area contributed by atoms with E-state index in [1.54, 1.807) is 11.0 Å². The summed E-state index contributed by atoms with van der Waals surface area (Å²) in [5.74, 6) is -2.68. The van der Waals surface area contributed by atoms with Crippen molar-refractivity contribution in [3.63, 3.8) is 0 Å². The van der Waals surface area contributed by atoms with Crippen molar-refractivity contribution in [1.82, 2.24) is 15.1 Å². The fraction of sp³-hybridized carbons (Fsp3) is 0.750. The number of carbonyl (C=O) groups excluding carboxylic acids is 1. The minimum atomic E-state index is -2.54. The van der Waals surface area contributed by atoms with Crippen LogP contribution in [0.25, 0.3) is 0 Å². The van der Waals surface area contributed by atoms with Crippen molar-refractivity contribution in [3.8, 4) is 0 Å². The molecule has 0 atom stereocenters. The number of rotatable bonds is 2. The fourth-order valence-corrected chi connectivity index (χ4v) is 3.59. The maximum atomic E-state index is 13.4. The first-order valence-electron chi connectivity index (χ1n) is 8.12. The van der Waals surface area contributed by atoms with Crippen LogP contribution in [0.2, 0.25) is 0 Å². The number of alkyl halides is 2. The SMILES string of the molecule is CC(C)(N)c1cc(C(=O)N2CCC3(CCC(F)(F)CC3)C2)n[nH]1. The van der Waals surface area contributed by atoms with E-state index >= 15 is 0 Å². The minimum Gasteiger partial charge on any atom is -0.337 e. The Morgan fingerprint density at radius 2 is 1.96 bits per heavy atom. The number of hydrogen-bond acceptors (Lipinski definition) is 3. The van der Waals surface area contributed by atoms with Gasteiger partial charge in [0.05, 0.1) is 11.2 Å². The molecule has 1 saturated heterocycles. The lowest BCUT2D eigenvalue weighted by Gasteiger charge is -2.36. The molecule has 0 bridgehead atoms. The standard InChI is InChI=1S/C16H24F2N4O/c1-14(2,19)12-9-11(20-21-12)13(23)22-8-7-15(10-22)3-5-16(17,18)6-4-15/h9H,3-8,10,19H2,1-2H3,(H,20,21). The van der Waals surface area contributed by atoms with Gasteiger partial charge in [-0.05, 0) is 44.6 Å². The number of likely N-dealkylation sites (tertiary alicyclic amines) is 1. The van der Waals surface area contributed by atoms with E-state index in [0.29, 0.717) is 37.3 Å². The zero-order valence-corrected chi connectivity index (χ0v) is 13.7. The molecule has 2 heterocycles. The number of carbonyl (C=O) groups is 1. The second kappa shape index (κ2) is 5.26. The number of amides is 1. The highest BCUT2D eigenvalue weighted by atomic mass is 19.3. The van der Waals surface area contributed by atoms with Gasteiger partial charge in [-0.3, -0.25) is 9.89 Å². The van der Waals surface area contributed by atoms with E-state index < -0.39 is 11.5 Å². The Morgan fingerprint density at radius 3 is 2.52 bits per heavy atom. The number of hydrogen-bond donors (Lipinski definition) is 2. The summed E-state index contributed by atoms with van der Waals surface area (Å²) in [6.07, 6.45) is 1.65. The van der Waals surface area contributed by atoms with Crippen molar-refractivity contribution in [2.75, 3.05) is 13.1 Å². The molecule has 1 amide bonds. The number of H-pyrrole nitrogens is 1. The fourth-order valence-electron chi connectivity index (χ4n) is 3.59. The monoisotopic (exact) mass is 326 g/mol. The van der Waals surface area contributed by atoms with Crippen LogP contribution in [0.1, 0.15) is 62.1 Å².